The van der Waals surface area contributed by atoms with Crippen molar-refractivity contribution in [2.75, 3.05) is 46.3 Å². The lowest BCUT2D eigenvalue weighted by molar-refractivity contribution is -0.148. The molecule has 2 amide bonds. The van der Waals surface area contributed by atoms with Crippen LogP contribution in [0.3, 0.4) is 0 Å². The maximum atomic E-state index is 12.8. The van der Waals surface area contributed by atoms with Gasteiger partial charge in [-0.1, -0.05) is 30.3 Å². The smallest absolute Gasteiger partial charge is 0.407 e. The molecular formula is C20H29N5O3. The number of carboxylic acid groups (broad SMARTS) is 1. The first-order chi connectivity index (χ1) is 13.4. The molecule has 3 N–H and O–H groups in total. The molecule has 28 heavy (non-hydrogen) atoms. The fourth-order valence-electron chi connectivity index (χ4n) is 5.20. The minimum atomic E-state index is -1.06. The Morgan fingerprint density at radius 1 is 1.18 bits per heavy atom. The van der Waals surface area contributed by atoms with E-state index in [0.29, 0.717) is 6.54 Å². The van der Waals surface area contributed by atoms with Crippen LogP contribution in [0, 0.1) is 0 Å². The molecule has 1 aromatic rings. The topological polar surface area (TPSA) is 93.3 Å². The Morgan fingerprint density at radius 3 is 2.46 bits per heavy atom. The molecule has 1 unspecified atom stereocenters. The minimum Gasteiger partial charge on any atom is -0.465 e. The van der Waals surface area contributed by atoms with E-state index in [0.717, 1.165) is 32.5 Å². The maximum Gasteiger partial charge on any atom is 0.407 e. The van der Waals surface area contributed by atoms with Crippen molar-refractivity contribution in [3.63, 3.8) is 0 Å². The van der Waals surface area contributed by atoms with Crippen LogP contribution in [0.1, 0.15) is 18.4 Å². The van der Waals surface area contributed by atoms with Crippen LogP contribution < -0.4 is 5.73 Å². The van der Waals surface area contributed by atoms with E-state index in [-0.39, 0.29) is 31.1 Å². The van der Waals surface area contributed by atoms with Gasteiger partial charge in [0.15, 0.2) is 0 Å². The normalized spacial score (nSPS) is 28.0. The molecule has 3 fully saturated rings. The van der Waals surface area contributed by atoms with Crippen molar-refractivity contribution in [1.82, 2.24) is 19.6 Å². The van der Waals surface area contributed by atoms with Gasteiger partial charge in [-0.25, -0.2) is 4.79 Å². The van der Waals surface area contributed by atoms with Gasteiger partial charge in [0.05, 0.1) is 6.54 Å². The van der Waals surface area contributed by atoms with Crippen molar-refractivity contribution in [3.8, 4) is 0 Å². The Kier molecular flexibility index (Phi) is 4.81. The first kappa shape index (κ1) is 19.2. The van der Waals surface area contributed by atoms with E-state index in [1.807, 2.05) is 18.0 Å². The molecule has 0 saturated carbocycles. The van der Waals surface area contributed by atoms with E-state index >= 15 is 0 Å². The van der Waals surface area contributed by atoms with Crippen molar-refractivity contribution in [2.24, 2.45) is 5.73 Å². The number of benzene rings is 1. The van der Waals surface area contributed by atoms with Crippen molar-refractivity contribution in [3.05, 3.63) is 35.9 Å². The van der Waals surface area contributed by atoms with Gasteiger partial charge in [-0.15, -0.1) is 0 Å². The van der Waals surface area contributed by atoms with Crippen LogP contribution in [0.5, 0.6) is 0 Å². The minimum absolute atomic E-state index is 0.0822. The lowest BCUT2D eigenvalue weighted by atomic mass is 9.86. The third-order valence-electron chi connectivity index (χ3n) is 7.00. The quantitative estimate of drug-likeness (QED) is 0.782. The lowest BCUT2D eigenvalue weighted by Crippen LogP contribution is -2.71. The number of amides is 2. The van der Waals surface area contributed by atoms with Gasteiger partial charge in [-0.2, -0.15) is 0 Å². The molecule has 3 aliphatic rings. The highest BCUT2D eigenvalue weighted by atomic mass is 16.4. The second-order valence-electron chi connectivity index (χ2n) is 8.35. The number of rotatable bonds is 3. The number of fused-ring (bicyclic) bond motifs is 1. The first-order valence-corrected chi connectivity index (χ1v) is 9.89. The van der Waals surface area contributed by atoms with Crippen molar-refractivity contribution in [1.29, 1.82) is 0 Å². The van der Waals surface area contributed by atoms with E-state index in [9.17, 15) is 14.7 Å². The molecule has 1 atom stereocenters. The van der Waals surface area contributed by atoms with Crippen molar-refractivity contribution < 1.29 is 14.7 Å². The van der Waals surface area contributed by atoms with Crippen LogP contribution in [0.2, 0.25) is 0 Å². The number of likely N-dealkylation sites (N-methyl/N-ethyl adjacent to an activating group) is 1. The van der Waals surface area contributed by atoms with Gasteiger partial charge < -0.3 is 15.7 Å². The molecule has 4 rings (SSSR count). The summed E-state index contributed by atoms with van der Waals surface area (Å²) >= 11 is 0. The predicted molar refractivity (Wildman–Crippen MR) is 105 cm³/mol. The lowest BCUT2D eigenvalue weighted by Gasteiger charge is -2.50. The summed E-state index contributed by atoms with van der Waals surface area (Å²) in [7, 11) is 2.01. The summed E-state index contributed by atoms with van der Waals surface area (Å²) < 4.78 is 0. The van der Waals surface area contributed by atoms with Crippen LogP contribution in [-0.2, 0) is 11.3 Å². The summed E-state index contributed by atoms with van der Waals surface area (Å²) in [5.41, 5.74) is 6.57. The predicted octanol–water partition coefficient (Wildman–Crippen LogP) is 0.444. The SMILES string of the molecule is CN1C2(CCN(Cc3ccccc3)CC2)CN2C(=O)CN(C(=O)O)CC21CN. The standard InChI is InChI=1S/C20H29N5O3/c1-22-19(7-9-23(10-8-19)11-16-5-3-2-4-6-16)14-25-17(26)12-24(18(27)28)15-20(22,25)13-21/h2-6H,7-15,21H2,1H3,(H,27,28). The van der Waals surface area contributed by atoms with Gasteiger partial charge in [0.1, 0.15) is 12.2 Å². The number of piperazine rings is 1. The Balaban J connectivity index is 1.51. The summed E-state index contributed by atoms with van der Waals surface area (Å²) in [6.45, 7) is 3.85. The fraction of sp³-hybridized carbons (Fsp3) is 0.600. The van der Waals surface area contributed by atoms with Gasteiger partial charge in [0.2, 0.25) is 5.91 Å². The first-order valence-electron chi connectivity index (χ1n) is 9.89. The Morgan fingerprint density at radius 2 is 1.86 bits per heavy atom. The zero-order valence-electron chi connectivity index (χ0n) is 16.4. The number of nitrogens with zero attached hydrogens (tertiary/aromatic N) is 4. The number of likely N-dealkylation sites (tertiary alicyclic amines) is 1. The van der Waals surface area contributed by atoms with Gasteiger partial charge in [0.25, 0.3) is 0 Å². The summed E-state index contributed by atoms with van der Waals surface area (Å²) in [4.78, 5) is 32.0. The second-order valence-corrected chi connectivity index (χ2v) is 8.35. The van der Waals surface area contributed by atoms with Crippen LogP contribution in [0.4, 0.5) is 4.79 Å². The number of carbonyl (C=O) groups excluding carboxylic acids is 1. The van der Waals surface area contributed by atoms with E-state index in [4.69, 9.17) is 5.73 Å². The molecule has 0 aliphatic carbocycles. The molecule has 8 heteroatoms. The monoisotopic (exact) mass is 387 g/mol. The number of carbonyl (C=O) groups is 2. The van der Waals surface area contributed by atoms with Crippen molar-refractivity contribution >= 4 is 12.0 Å². The van der Waals surface area contributed by atoms with Crippen LogP contribution >= 0.6 is 0 Å². The third kappa shape index (κ3) is 2.96. The Labute approximate surface area is 165 Å². The van der Waals surface area contributed by atoms with Gasteiger partial charge in [-0.3, -0.25) is 19.5 Å². The number of piperidine rings is 1. The molecule has 1 aromatic carbocycles. The summed E-state index contributed by atoms with van der Waals surface area (Å²) in [6.07, 6.45) is 0.817. The summed E-state index contributed by atoms with van der Waals surface area (Å²) in [6, 6.07) is 10.5. The molecule has 8 nitrogen and oxygen atoms in total. The van der Waals surface area contributed by atoms with Crippen molar-refractivity contribution in [2.45, 2.75) is 30.6 Å². The highest BCUT2D eigenvalue weighted by Crippen LogP contribution is 2.44. The van der Waals surface area contributed by atoms with Gasteiger partial charge in [-0.05, 0) is 25.5 Å². The Bertz CT molecular complexity index is 749. The van der Waals surface area contributed by atoms with E-state index in [2.05, 4.69) is 34.1 Å². The number of hydrogen-bond acceptors (Lipinski definition) is 5. The fourth-order valence-corrected chi connectivity index (χ4v) is 5.20. The molecule has 152 valence electrons. The second kappa shape index (κ2) is 7.02. The zero-order chi connectivity index (χ0) is 19.9. The summed E-state index contributed by atoms with van der Waals surface area (Å²) in [5, 5.41) is 9.44. The summed E-state index contributed by atoms with van der Waals surface area (Å²) in [5.74, 6) is -0.144. The average Bonchev–Trinajstić information content (AvgIpc) is 2.94. The Hall–Kier alpha value is -2.16. The van der Waals surface area contributed by atoms with E-state index in [1.54, 1.807) is 0 Å². The highest BCUT2D eigenvalue weighted by molar-refractivity contribution is 5.84. The zero-order valence-corrected chi connectivity index (χ0v) is 16.4. The van der Waals surface area contributed by atoms with E-state index < -0.39 is 11.8 Å². The molecule has 0 radical (unpaired) electrons. The molecule has 3 aliphatic heterocycles. The van der Waals surface area contributed by atoms with Gasteiger partial charge >= 0.3 is 6.09 Å². The van der Waals surface area contributed by atoms with E-state index in [1.165, 1.54) is 10.5 Å². The van der Waals surface area contributed by atoms with Crippen LogP contribution in [0.15, 0.2) is 30.3 Å². The molecule has 0 bridgehead atoms. The van der Waals surface area contributed by atoms with Gasteiger partial charge in [0, 0.05) is 38.3 Å². The molecule has 1 spiro atoms. The molecule has 3 heterocycles. The number of nitrogens with two attached hydrogens (primary N) is 1. The van der Waals surface area contributed by atoms with Crippen LogP contribution in [0.25, 0.3) is 0 Å². The average molecular weight is 387 g/mol. The van der Waals surface area contributed by atoms with Crippen LogP contribution in [-0.4, -0.2) is 94.2 Å². The highest BCUT2D eigenvalue weighted by Gasteiger charge is 2.61. The number of hydrogen-bond donors (Lipinski definition) is 2. The third-order valence-corrected chi connectivity index (χ3v) is 7.00. The maximum absolute atomic E-state index is 12.8. The molecule has 0 aromatic heterocycles. The largest absolute Gasteiger partial charge is 0.465 e. The molecule has 3 saturated heterocycles. The molecular weight excluding hydrogens is 358 g/mol.